The minimum atomic E-state index is -0.893. The van der Waals surface area contributed by atoms with Gasteiger partial charge in [-0.1, -0.05) is 12.8 Å². The lowest BCUT2D eigenvalue weighted by Gasteiger charge is -2.30. The highest BCUT2D eigenvalue weighted by atomic mass is 19.1. The maximum atomic E-state index is 14.8. The first-order valence-corrected chi connectivity index (χ1v) is 11.1. The zero-order valence-electron chi connectivity index (χ0n) is 18.6. The van der Waals surface area contributed by atoms with Gasteiger partial charge in [0.15, 0.2) is 23.1 Å². The molecule has 4 rings (SSSR count). The number of amides is 1. The number of aromatic nitrogens is 2. The van der Waals surface area contributed by atoms with Crippen molar-refractivity contribution < 1.29 is 23.1 Å². The number of carbonyl (C=O) groups excluding carboxylic acids is 2. The van der Waals surface area contributed by atoms with Crippen LogP contribution in [0.15, 0.2) is 30.5 Å². The van der Waals surface area contributed by atoms with Crippen molar-refractivity contribution in [3.8, 4) is 0 Å². The minimum Gasteiger partial charge on any atom is -0.461 e. The summed E-state index contributed by atoms with van der Waals surface area (Å²) >= 11 is 0. The summed E-state index contributed by atoms with van der Waals surface area (Å²) in [6.45, 7) is 1.71. The van der Waals surface area contributed by atoms with Gasteiger partial charge < -0.3 is 31.2 Å². The molecule has 0 radical (unpaired) electrons. The molecule has 6 N–H and O–H groups in total. The second kappa shape index (κ2) is 9.64. The van der Waals surface area contributed by atoms with Crippen molar-refractivity contribution in [2.75, 3.05) is 17.2 Å². The number of anilines is 3. The van der Waals surface area contributed by atoms with Crippen LogP contribution in [0.3, 0.4) is 0 Å². The fraction of sp³-hybridized carbons (Fsp3) is 0.348. The Kier molecular flexibility index (Phi) is 6.64. The molecule has 180 valence electrons. The molecule has 1 saturated carbocycles. The average molecular weight is 472 g/mol. The van der Waals surface area contributed by atoms with Gasteiger partial charge in [0.1, 0.15) is 5.82 Å². The number of hydrogen-bond donors (Lipinski definition) is 4. The van der Waals surface area contributed by atoms with E-state index in [2.05, 4.69) is 15.6 Å². The smallest absolute Gasteiger partial charge is 0.358 e. The molecule has 1 aliphatic carbocycles. The molecule has 11 heteroatoms. The first-order chi connectivity index (χ1) is 16.3. The molecule has 0 spiro atoms. The van der Waals surface area contributed by atoms with Crippen molar-refractivity contribution in [1.29, 1.82) is 0 Å². The van der Waals surface area contributed by atoms with Crippen LogP contribution in [0.2, 0.25) is 0 Å². The number of halogens is 2. The summed E-state index contributed by atoms with van der Waals surface area (Å²) < 4.78 is 35.6. The zero-order valence-corrected chi connectivity index (χ0v) is 18.6. The van der Waals surface area contributed by atoms with Crippen LogP contribution in [-0.4, -0.2) is 40.0 Å². The van der Waals surface area contributed by atoms with Crippen LogP contribution in [0.25, 0.3) is 5.52 Å². The van der Waals surface area contributed by atoms with E-state index in [4.69, 9.17) is 16.2 Å². The maximum Gasteiger partial charge on any atom is 0.358 e. The van der Waals surface area contributed by atoms with Crippen molar-refractivity contribution in [3.05, 3.63) is 53.4 Å². The van der Waals surface area contributed by atoms with E-state index in [0.29, 0.717) is 5.69 Å². The van der Waals surface area contributed by atoms with E-state index in [-0.39, 0.29) is 47.1 Å². The molecule has 3 aromatic rings. The summed E-state index contributed by atoms with van der Waals surface area (Å²) in [5.41, 5.74) is 11.8. The molecule has 2 atom stereocenters. The van der Waals surface area contributed by atoms with Crippen LogP contribution in [0.5, 0.6) is 0 Å². The molecule has 1 amide bonds. The van der Waals surface area contributed by atoms with Gasteiger partial charge in [0, 0.05) is 24.3 Å². The molecule has 0 saturated heterocycles. The highest BCUT2D eigenvalue weighted by Gasteiger charge is 2.25. The van der Waals surface area contributed by atoms with Crippen molar-refractivity contribution in [1.82, 2.24) is 9.38 Å². The fourth-order valence-electron chi connectivity index (χ4n) is 4.18. The Morgan fingerprint density at radius 3 is 2.68 bits per heavy atom. The molecule has 1 fully saturated rings. The van der Waals surface area contributed by atoms with E-state index in [0.717, 1.165) is 37.8 Å². The van der Waals surface area contributed by atoms with Crippen LogP contribution in [0, 0.1) is 11.6 Å². The molecule has 0 aromatic carbocycles. The average Bonchev–Trinajstić information content (AvgIpc) is 3.14. The number of fused-ring (bicyclic) bond motifs is 1. The summed E-state index contributed by atoms with van der Waals surface area (Å²) in [4.78, 5) is 28.5. The van der Waals surface area contributed by atoms with Gasteiger partial charge in [0.2, 0.25) is 0 Å². The van der Waals surface area contributed by atoms with E-state index in [1.165, 1.54) is 10.6 Å². The number of primary amides is 1. The van der Waals surface area contributed by atoms with Crippen LogP contribution >= 0.6 is 0 Å². The quantitative estimate of drug-likeness (QED) is 0.387. The second-order valence-electron chi connectivity index (χ2n) is 8.14. The lowest BCUT2D eigenvalue weighted by molar-refractivity contribution is 0.0512. The predicted octanol–water partition coefficient (Wildman–Crippen LogP) is 3.31. The minimum absolute atomic E-state index is 0.0202. The Bertz CT molecular complexity index is 1250. The maximum absolute atomic E-state index is 14.8. The molecule has 9 nitrogen and oxygen atoms in total. The standard InChI is InChI=1S/C23H26F2N6O3/c1-2-34-23(33)19-13(24)11-18-17(8-5-9-31(18)19)29-21-12(20(27)32)10-14(25)22(30-21)28-16-7-4-3-6-15(16)26/h5,8-11,15-16H,2-4,6-7,26H2,1H3,(H2,27,32)(H2,28,29,30)/t15-,16+/m0/s1. The van der Waals surface area contributed by atoms with Crippen LogP contribution in [0.1, 0.15) is 53.5 Å². The molecule has 0 unspecified atom stereocenters. The number of nitrogens with zero attached hydrogens (tertiary/aromatic N) is 2. The van der Waals surface area contributed by atoms with Gasteiger partial charge in [-0.2, -0.15) is 0 Å². The first kappa shape index (κ1) is 23.4. The van der Waals surface area contributed by atoms with Gasteiger partial charge in [-0.3, -0.25) is 4.79 Å². The number of hydrogen-bond acceptors (Lipinski definition) is 7. The van der Waals surface area contributed by atoms with Crippen molar-refractivity contribution in [2.45, 2.75) is 44.7 Å². The lowest BCUT2D eigenvalue weighted by atomic mass is 9.91. The van der Waals surface area contributed by atoms with Gasteiger partial charge in [0.05, 0.1) is 23.4 Å². The number of nitrogens with two attached hydrogens (primary N) is 2. The van der Waals surface area contributed by atoms with Gasteiger partial charge in [-0.15, -0.1) is 0 Å². The summed E-state index contributed by atoms with van der Waals surface area (Å²) in [7, 11) is 0. The molecule has 3 aromatic heterocycles. The van der Waals surface area contributed by atoms with Gasteiger partial charge in [-0.05, 0) is 38.0 Å². The monoisotopic (exact) mass is 472 g/mol. The Balaban J connectivity index is 1.73. The van der Waals surface area contributed by atoms with Gasteiger partial charge in [0.25, 0.3) is 5.91 Å². The first-order valence-electron chi connectivity index (χ1n) is 11.1. The number of carbonyl (C=O) groups is 2. The molecule has 3 heterocycles. The van der Waals surface area contributed by atoms with Crippen molar-refractivity contribution >= 4 is 34.7 Å². The number of pyridine rings is 2. The lowest BCUT2D eigenvalue weighted by Crippen LogP contribution is -2.43. The van der Waals surface area contributed by atoms with Crippen LogP contribution in [-0.2, 0) is 4.74 Å². The largest absolute Gasteiger partial charge is 0.461 e. The number of ether oxygens (including phenoxy) is 1. The zero-order chi connectivity index (χ0) is 24.4. The molecule has 0 bridgehead atoms. The summed E-state index contributed by atoms with van der Waals surface area (Å²) in [6, 6.07) is 5.01. The predicted molar refractivity (Wildman–Crippen MR) is 123 cm³/mol. The Morgan fingerprint density at radius 1 is 1.21 bits per heavy atom. The number of rotatable bonds is 7. The van der Waals surface area contributed by atoms with Crippen LogP contribution < -0.4 is 22.1 Å². The second-order valence-corrected chi connectivity index (χ2v) is 8.14. The molecule has 1 aliphatic rings. The Morgan fingerprint density at radius 2 is 1.97 bits per heavy atom. The third kappa shape index (κ3) is 4.51. The highest BCUT2D eigenvalue weighted by molar-refractivity contribution is 5.99. The normalized spacial score (nSPS) is 18.0. The third-order valence-electron chi connectivity index (χ3n) is 5.87. The van der Waals surface area contributed by atoms with E-state index in [1.807, 2.05) is 0 Å². The highest BCUT2D eigenvalue weighted by Crippen LogP contribution is 2.30. The summed E-state index contributed by atoms with van der Waals surface area (Å²) in [5, 5.41) is 5.98. The van der Waals surface area contributed by atoms with Crippen LogP contribution in [0.4, 0.5) is 26.1 Å². The fourth-order valence-corrected chi connectivity index (χ4v) is 4.18. The molecular formula is C23H26F2N6O3. The van der Waals surface area contributed by atoms with E-state index >= 15 is 0 Å². The van der Waals surface area contributed by atoms with Crippen molar-refractivity contribution in [3.63, 3.8) is 0 Å². The SMILES string of the molecule is CCOC(=O)c1c(F)cc2c(Nc3nc(N[C@@H]4CCCC[C@@H]4N)c(F)cc3C(N)=O)cccn12. The summed E-state index contributed by atoms with van der Waals surface area (Å²) in [6.07, 6.45) is 5.05. The summed E-state index contributed by atoms with van der Waals surface area (Å²) in [5.74, 6) is -3.32. The molecule has 0 aliphatic heterocycles. The Hall–Kier alpha value is -3.73. The third-order valence-corrected chi connectivity index (χ3v) is 5.87. The van der Waals surface area contributed by atoms with E-state index in [1.54, 1.807) is 19.1 Å². The Labute approximate surface area is 194 Å². The van der Waals surface area contributed by atoms with E-state index in [9.17, 15) is 18.4 Å². The van der Waals surface area contributed by atoms with Crippen molar-refractivity contribution in [2.24, 2.45) is 11.5 Å². The molecule has 34 heavy (non-hydrogen) atoms. The molecular weight excluding hydrogens is 446 g/mol. The van der Waals surface area contributed by atoms with Gasteiger partial charge >= 0.3 is 5.97 Å². The van der Waals surface area contributed by atoms with Gasteiger partial charge in [-0.25, -0.2) is 18.6 Å². The number of esters is 1. The number of nitrogens with one attached hydrogen (secondary N) is 2. The topological polar surface area (TPSA) is 137 Å². The van der Waals surface area contributed by atoms with E-state index < -0.39 is 23.5 Å².